The average molecular weight is 320 g/mol. The fraction of sp³-hybridized carbons (Fsp3) is 0.529. The van der Waals surface area contributed by atoms with Crippen molar-refractivity contribution in [3.63, 3.8) is 0 Å². The highest BCUT2D eigenvalue weighted by Crippen LogP contribution is 2.33. The third kappa shape index (κ3) is 3.82. The van der Waals surface area contributed by atoms with E-state index < -0.39 is 0 Å². The number of hydrogen-bond donors (Lipinski definition) is 1. The molecule has 1 N–H and O–H groups in total. The number of hydrogen-bond acceptors (Lipinski definition) is 4. The van der Waals surface area contributed by atoms with E-state index in [1.165, 1.54) is 0 Å². The number of ether oxygens (including phenoxy) is 1. The van der Waals surface area contributed by atoms with E-state index in [1.807, 2.05) is 38.1 Å². The summed E-state index contributed by atoms with van der Waals surface area (Å²) in [6, 6.07) is 7.37. The molecule has 6 nitrogen and oxygen atoms in total. The van der Waals surface area contributed by atoms with Crippen LogP contribution < -0.4 is 9.64 Å². The maximum absolute atomic E-state index is 12.5. The highest BCUT2D eigenvalue weighted by molar-refractivity contribution is 6.01. The van der Waals surface area contributed by atoms with Crippen LogP contribution in [0.15, 0.2) is 24.3 Å². The molecule has 0 spiro atoms. The quantitative estimate of drug-likeness (QED) is 0.821. The maximum Gasteiger partial charge on any atom is 0.228 e. The largest absolute Gasteiger partial charge is 0.492 e. The van der Waals surface area contributed by atoms with Crippen LogP contribution >= 0.6 is 0 Å². The van der Waals surface area contributed by atoms with Gasteiger partial charge in [0.05, 0.1) is 24.8 Å². The molecule has 0 aromatic heterocycles. The highest BCUT2D eigenvalue weighted by Gasteiger charge is 2.37. The van der Waals surface area contributed by atoms with E-state index in [1.54, 1.807) is 9.80 Å². The number of amides is 2. The SMILES string of the molecule is CCOc1ccccc1N1CC(C(=O)N(CC)CCO)CC1=O. The van der Waals surface area contributed by atoms with Crippen molar-refractivity contribution in [2.75, 3.05) is 37.7 Å². The lowest BCUT2D eigenvalue weighted by Gasteiger charge is -2.24. The molecule has 0 radical (unpaired) electrons. The van der Waals surface area contributed by atoms with Crippen molar-refractivity contribution in [2.45, 2.75) is 20.3 Å². The molecule has 1 aromatic carbocycles. The molecule has 2 amide bonds. The Morgan fingerprint density at radius 1 is 1.39 bits per heavy atom. The van der Waals surface area contributed by atoms with Gasteiger partial charge in [-0.2, -0.15) is 0 Å². The Labute approximate surface area is 136 Å². The molecule has 126 valence electrons. The third-order valence-electron chi connectivity index (χ3n) is 3.99. The van der Waals surface area contributed by atoms with Crippen molar-refractivity contribution in [3.05, 3.63) is 24.3 Å². The van der Waals surface area contributed by atoms with Crippen LogP contribution in [-0.2, 0) is 9.59 Å². The number of para-hydroxylation sites is 2. The molecule has 1 atom stereocenters. The lowest BCUT2D eigenvalue weighted by molar-refractivity contribution is -0.136. The molecule has 1 saturated heterocycles. The Morgan fingerprint density at radius 2 is 2.13 bits per heavy atom. The van der Waals surface area contributed by atoms with Gasteiger partial charge in [-0.15, -0.1) is 0 Å². The second kappa shape index (κ2) is 7.97. The topological polar surface area (TPSA) is 70.1 Å². The van der Waals surface area contributed by atoms with Crippen molar-refractivity contribution in [1.82, 2.24) is 4.90 Å². The Bertz CT molecular complexity index is 561. The molecule has 1 unspecified atom stereocenters. The van der Waals surface area contributed by atoms with Gasteiger partial charge in [0, 0.05) is 26.1 Å². The second-order valence-corrected chi connectivity index (χ2v) is 5.45. The smallest absolute Gasteiger partial charge is 0.228 e. The van der Waals surface area contributed by atoms with Crippen LogP contribution in [-0.4, -0.2) is 54.7 Å². The molecule has 1 aliphatic rings. The number of carbonyl (C=O) groups is 2. The predicted octanol–water partition coefficient (Wildman–Crippen LogP) is 1.28. The van der Waals surface area contributed by atoms with Crippen molar-refractivity contribution < 1.29 is 19.4 Å². The molecule has 0 aliphatic carbocycles. The lowest BCUT2D eigenvalue weighted by atomic mass is 10.1. The predicted molar refractivity (Wildman–Crippen MR) is 87.4 cm³/mol. The summed E-state index contributed by atoms with van der Waals surface area (Å²) in [6.45, 7) is 5.38. The number of carbonyl (C=O) groups excluding carboxylic acids is 2. The number of aliphatic hydroxyl groups is 1. The van der Waals surface area contributed by atoms with Gasteiger partial charge in [0.1, 0.15) is 5.75 Å². The minimum Gasteiger partial charge on any atom is -0.492 e. The molecule has 1 aliphatic heterocycles. The normalized spacial score (nSPS) is 17.4. The second-order valence-electron chi connectivity index (χ2n) is 5.45. The van der Waals surface area contributed by atoms with Crippen LogP contribution in [0.3, 0.4) is 0 Å². The molecule has 2 rings (SSSR count). The van der Waals surface area contributed by atoms with E-state index in [2.05, 4.69) is 0 Å². The van der Waals surface area contributed by atoms with Crippen LogP contribution in [0.25, 0.3) is 0 Å². The van der Waals surface area contributed by atoms with Gasteiger partial charge in [0.25, 0.3) is 0 Å². The third-order valence-corrected chi connectivity index (χ3v) is 3.99. The van der Waals surface area contributed by atoms with Crippen molar-refractivity contribution in [3.8, 4) is 5.75 Å². The number of aliphatic hydroxyl groups excluding tert-OH is 1. The van der Waals surface area contributed by atoms with E-state index in [0.29, 0.717) is 37.7 Å². The summed E-state index contributed by atoms with van der Waals surface area (Å²) >= 11 is 0. The summed E-state index contributed by atoms with van der Waals surface area (Å²) in [5, 5.41) is 9.05. The Kier molecular flexibility index (Phi) is 5.98. The van der Waals surface area contributed by atoms with Crippen LogP contribution in [0.5, 0.6) is 5.75 Å². The van der Waals surface area contributed by atoms with Crippen molar-refractivity contribution >= 4 is 17.5 Å². The van der Waals surface area contributed by atoms with Gasteiger partial charge >= 0.3 is 0 Å². The number of likely N-dealkylation sites (N-methyl/N-ethyl adjacent to an activating group) is 1. The van der Waals surface area contributed by atoms with E-state index in [0.717, 1.165) is 0 Å². The number of nitrogens with zero attached hydrogens (tertiary/aromatic N) is 2. The summed E-state index contributed by atoms with van der Waals surface area (Å²) in [5.74, 6) is 0.129. The van der Waals surface area contributed by atoms with Crippen LogP contribution in [0, 0.1) is 5.92 Å². The van der Waals surface area contributed by atoms with Gasteiger partial charge in [0.2, 0.25) is 11.8 Å². The summed E-state index contributed by atoms with van der Waals surface area (Å²) < 4.78 is 5.58. The summed E-state index contributed by atoms with van der Waals surface area (Å²) in [5.41, 5.74) is 0.708. The van der Waals surface area contributed by atoms with E-state index in [-0.39, 0.29) is 30.8 Å². The van der Waals surface area contributed by atoms with E-state index >= 15 is 0 Å². The molecular formula is C17H24N2O4. The van der Waals surface area contributed by atoms with Crippen molar-refractivity contribution in [2.24, 2.45) is 5.92 Å². The monoisotopic (exact) mass is 320 g/mol. The molecule has 1 heterocycles. The van der Waals surface area contributed by atoms with Gasteiger partial charge < -0.3 is 19.6 Å². The standard InChI is InChI=1S/C17H24N2O4/c1-3-18(9-10-20)17(22)13-11-16(21)19(12-13)14-7-5-6-8-15(14)23-4-2/h5-8,13,20H,3-4,9-12H2,1-2H3. The lowest BCUT2D eigenvalue weighted by Crippen LogP contribution is -2.39. The molecule has 1 fully saturated rings. The fourth-order valence-corrected chi connectivity index (χ4v) is 2.87. The number of rotatable bonds is 7. The molecule has 0 saturated carbocycles. The molecule has 23 heavy (non-hydrogen) atoms. The molecular weight excluding hydrogens is 296 g/mol. The first-order chi connectivity index (χ1) is 11.1. The fourth-order valence-electron chi connectivity index (χ4n) is 2.87. The first-order valence-corrected chi connectivity index (χ1v) is 8.04. The summed E-state index contributed by atoms with van der Waals surface area (Å²) in [6.07, 6.45) is 0.196. The summed E-state index contributed by atoms with van der Waals surface area (Å²) in [7, 11) is 0. The number of anilines is 1. The Hall–Kier alpha value is -2.08. The Balaban J connectivity index is 2.15. The van der Waals surface area contributed by atoms with E-state index in [4.69, 9.17) is 9.84 Å². The van der Waals surface area contributed by atoms with Crippen LogP contribution in [0.4, 0.5) is 5.69 Å². The van der Waals surface area contributed by atoms with Gasteiger partial charge in [-0.1, -0.05) is 12.1 Å². The van der Waals surface area contributed by atoms with Gasteiger partial charge in [-0.3, -0.25) is 9.59 Å². The zero-order valence-corrected chi connectivity index (χ0v) is 13.7. The minimum atomic E-state index is -0.372. The zero-order valence-electron chi connectivity index (χ0n) is 13.7. The molecule has 6 heteroatoms. The highest BCUT2D eigenvalue weighted by atomic mass is 16.5. The minimum absolute atomic E-state index is 0.0723. The Morgan fingerprint density at radius 3 is 2.78 bits per heavy atom. The van der Waals surface area contributed by atoms with E-state index in [9.17, 15) is 9.59 Å². The van der Waals surface area contributed by atoms with Gasteiger partial charge in [-0.25, -0.2) is 0 Å². The van der Waals surface area contributed by atoms with Crippen LogP contribution in [0.1, 0.15) is 20.3 Å². The molecule has 1 aromatic rings. The zero-order chi connectivity index (χ0) is 16.8. The van der Waals surface area contributed by atoms with Crippen LogP contribution in [0.2, 0.25) is 0 Å². The van der Waals surface area contributed by atoms with Crippen molar-refractivity contribution in [1.29, 1.82) is 0 Å². The first-order valence-electron chi connectivity index (χ1n) is 8.04. The number of benzene rings is 1. The molecule has 0 bridgehead atoms. The van der Waals surface area contributed by atoms with Gasteiger partial charge in [0.15, 0.2) is 0 Å². The summed E-state index contributed by atoms with van der Waals surface area (Å²) in [4.78, 5) is 28.1. The average Bonchev–Trinajstić information content (AvgIpc) is 2.94. The first kappa shape index (κ1) is 17.3. The maximum atomic E-state index is 12.5. The van der Waals surface area contributed by atoms with Gasteiger partial charge in [-0.05, 0) is 26.0 Å².